The fourth-order valence-electron chi connectivity index (χ4n) is 3.33. The van der Waals surface area contributed by atoms with E-state index in [0.29, 0.717) is 11.1 Å². The van der Waals surface area contributed by atoms with Crippen LogP contribution in [-0.4, -0.2) is 66.5 Å². The number of pyridine rings is 1. The number of piperazine rings is 1. The molecule has 5 nitrogen and oxygen atoms in total. The summed E-state index contributed by atoms with van der Waals surface area (Å²) in [5, 5.41) is 0.514. The molecular formula is C16H23ClN4O. The largest absolute Gasteiger partial charge is 0.353 e. The molecule has 0 saturated carbocycles. The van der Waals surface area contributed by atoms with E-state index in [1.54, 1.807) is 6.07 Å². The zero-order valence-electron chi connectivity index (χ0n) is 13.0. The van der Waals surface area contributed by atoms with Crippen LogP contribution in [0, 0.1) is 0 Å². The average molecular weight is 323 g/mol. The van der Waals surface area contributed by atoms with Crippen LogP contribution in [0.3, 0.4) is 0 Å². The Morgan fingerprint density at radius 2 is 1.95 bits per heavy atom. The van der Waals surface area contributed by atoms with Crippen LogP contribution in [0.1, 0.15) is 19.3 Å². The van der Waals surface area contributed by atoms with Gasteiger partial charge in [-0.3, -0.25) is 9.69 Å². The third-order valence-electron chi connectivity index (χ3n) is 4.67. The first-order chi connectivity index (χ1) is 10.6. The molecule has 1 amide bonds. The fraction of sp³-hybridized carbons (Fsp3) is 0.625. The molecule has 6 heteroatoms. The Balaban J connectivity index is 1.58. The molecule has 0 radical (unpaired) electrons. The Kier molecular flexibility index (Phi) is 4.84. The van der Waals surface area contributed by atoms with Crippen molar-refractivity contribution in [1.29, 1.82) is 0 Å². The van der Waals surface area contributed by atoms with Gasteiger partial charge in [-0.1, -0.05) is 24.1 Å². The normalized spacial score (nSPS) is 23.6. The molecule has 0 aromatic carbocycles. The number of amides is 1. The van der Waals surface area contributed by atoms with E-state index in [-0.39, 0.29) is 6.04 Å². The second-order valence-corrected chi connectivity index (χ2v) is 6.51. The van der Waals surface area contributed by atoms with Gasteiger partial charge < -0.3 is 9.80 Å². The minimum atomic E-state index is 0.0737. The van der Waals surface area contributed by atoms with Gasteiger partial charge in [-0.15, -0.1) is 0 Å². The number of rotatable bonds is 2. The lowest BCUT2D eigenvalue weighted by Crippen LogP contribution is -2.55. The molecule has 2 aliphatic rings. The lowest BCUT2D eigenvalue weighted by molar-refractivity contribution is -0.138. The topological polar surface area (TPSA) is 39.7 Å². The van der Waals surface area contributed by atoms with Crippen LogP contribution < -0.4 is 4.90 Å². The summed E-state index contributed by atoms with van der Waals surface area (Å²) < 4.78 is 0. The SMILES string of the molecule is CN1CCCCC1C(=O)N1CCN(c2cccc(Cl)n2)CC1. The van der Waals surface area contributed by atoms with Crippen LogP contribution in [0.2, 0.25) is 5.15 Å². The summed E-state index contributed by atoms with van der Waals surface area (Å²) in [7, 11) is 2.06. The molecule has 22 heavy (non-hydrogen) atoms. The van der Waals surface area contributed by atoms with Gasteiger partial charge in [0, 0.05) is 26.2 Å². The van der Waals surface area contributed by atoms with Crippen LogP contribution in [0.25, 0.3) is 0 Å². The Morgan fingerprint density at radius 3 is 2.64 bits per heavy atom. The number of halogens is 1. The van der Waals surface area contributed by atoms with E-state index in [9.17, 15) is 4.79 Å². The van der Waals surface area contributed by atoms with Gasteiger partial charge in [0.25, 0.3) is 0 Å². The van der Waals surface area contributed by atoms with Crippen molar-refractivity contribution >= 4 is 23.3 Å². The smallest absolute Gasteiger partial charge is 0.240 e. The van der Waals surface area contributed by atoms with E-state index in [1.165, 1.54) is 6.42 Å². The van der Waals surface area contributed by atoms with Crippen molar-refractivity contribution in [3.05, 3.63) is 23.4 Å². The van der Waals surface area contributed by atoms with E-state index in [4.69, 9.17) is 11.6 Å². The molecule has 120 valence electrons. The molecular weight excluding hydrogens is 300 g/mol. The van der Waals surface area contributed by atoms with E-state index >= 15 is 0 Å². The highest BCUT2D eigenvalue weighted by molar-refractivity contribution is 6.29. The lowest BCUT2D eigenvalue weighted by Gasteiger charge is -2.40. The summed E-state index contributed by atoms with van der Waals surface area (Å²) in [6, 6.07) is 5.74. The molecule has 1 unspecified atom stereocenters. The van der Waals surface area contributed by atoms with Gasteiger partial charge in [-0.05, 0) is 38.6 Å². The van der Waals surface area contributed by atoms with E-state index in [2.05, 4.69) is 21.8 Å². The number of hydrogen-bond acceptors (Lipinski definition) is 4. The summed E-state index contributed by atoms with van der Waals surface area (Å²) in [6.45, 7) is 4.18. The molecule has 1 atom stereocenters. The van der Waals surface area contributed by atoms with Crippen molar-refractivity contribution in [2.75, 3.05) is 44.7 Å². The monoisotopic (exact) mass is 322 g/mol. The van der Waals surface area contributed by atoms with E-state index < -0.39 is 0 Å². The van der Waals surface area contributed by atoms with Crippen molar-refractivity contribution in [2.24, 2.45) is 0 Å². The Labute approximate surface area is 136 Å². The number of anilines is 1. The molecule has 0 aliphatic carbocycles. The lowest BCUT2D eigenvalue weighted by atomic mass is 10.0. The number of piperidine rings is 1. The van der Waals surface area contributed by atoms with Crippen molar-refractivity contribution in [1.82, 2.24) is 14.8 Å². The number of likely N-dealkylation sites (tertiary alicyclic amines) is 1. The molecule has 3 rings (SSSR count). The van der Waals surface area contributed by atoms with Crippen LogP contribution in [0.5, 0.6) is 0 Å². The second kappa shape index (κ2) is 6.84. The Bertz CT molecular complexity index is 531. The van der Waals surface area contributed by atoms with Crippen LogP contribution in [0.4, 0.5) is 5.82 Å². The first-order valence-corrected chi connectivity index (χ1v) is 8.39. The van der Waals surface area contributed by atoms with Crippen LogP contribution in [0.15, 0.2) is 18.2 Å². The van der Waals surface area contributed by atoms with Crippen molar-refractivity contribution < 1.29 is 4.79 Å². The van der Waals surface area contributed by atoms with Gasteiger partial charge >= 0.3 is 0 Å². The highest BCUT2D eigenvalue weighted by Crippen LogP contribution is 2.20. The zero-order chi connectivity index (χ0) is 15.5. The second-order valence-electron chi connectivity index (χ2n) is 6.12. The predicted molar refractivity (Wildman–Crippen MR) is 88.3 cm³/mol. The Hall–Kier alpha value is -1.33. The van der Waals surface area contributed by atoms with Gasteiger partial charge in [-0.25, -0.2) is 4.98 Å². The maximum Gasteiger partial charge on any atom is 0.240 e. The molecule has 3 heterocycles. The number of aromatic nitrogens is 1. The number of hydrogen-bond donors (Lipinski definition) is 0. The highest BCUT2D eigenvalue weighted by Gasteiger charge is 2.31. The molecule has 1 aromatic rings. The summed E-state index contributed by atoms with van der Waals surface area (Å²) in [5.41, 5.74) is 0. The molecule has 0 bridgehead atoms. The molecule has 0 N–H and O–H groups in total. The third kappa shape index (κ3) is 3.36. The summed E-state index contributed by atoms with van der Waals surface area (Å²) in [5.74, 6) is 1.19. The summed E-state index contributed by atoms with van der Waals surface area (Å²) in [6.07, 6.45) is 3.35. The van der Waals surface area contributed by atoms with Crippen molar-refractivity contribution in [3.8, 4) is 0 Å². The standard InChI is InChI=1S/C16H23ClN4O/c1-19-8-3-2-5-13(19)16(22)21-11-9-20(10-12-21)15-7-4-6-14(17)18-15/h4,6-7,13H,2-3,5,8-12H2,1H3. The molecule has 2 aliphatic heterocycles. The van der Waals surface area contributed by atoms with Gasteiger partial charge in [0.1, 0.15) is 11.0 Å². The average Bonchev–Trinajstić information content (AvgIpc) is 2.55. The maximum absolute atomic E-state index is 12.7. The molecule has 0 spiro atoms. The molecule has 2 saturated heterocycles. The maximum atomic E-state index is 12.7. The summed E-state index contributed by atoms with van der Waals surface area (Å²) in [4.78, 5) is 23.4. The van der Waals surface area contributed by atoms with Crippen LogP contribution >= 0.6 is 11.6 Å². The van der Waals surface area contributed by atoms with E-state index in [0.717, 1.165) is 51.4 Å². The van der Waals surface area contributed by atoms with E-state index in [1.807, 2.05) is 17.0 Å². The van der Waals surface area contributed by atoms with Gasteiger partial charge in [0.15, 0.2) is 0 Å². The minimum absolute atomic E-state index is 0.0737. The van der Waals surface area contributed by atoms with Crippen molar-refractivity contribution in [3.63, 3.8) is 0 Å². The number of carbonyl (C=O) groups is 1. The predicted octanol–water partition coefficient (Wildman–Crippen LogP) is 1.87. The number of nitrogens with zero attached hydrogens (tertiary/aromatic N) is 4. The zero-order valence-corrected chi connectivity index (χ0v) is 13.8. The third-order valence-corrected chi connectivity index (χ3v) is 4.88. The van der Waals surface area contributed by atoms with Crippen molar-refractivity contribution in [2.45, 2.75) is 25.3 Å². The fourth-order valence-corrected chi connectivity index (χ4v) is 3.49. The molecule has 2 fully saturated rings. The first kappa shape index (κ1) is 15.6. The highest BCUT2D eigenvalue weighted by atomic mass is 35.5. The quantitative estimate of drug-likeness (QED) is 0.779. The molecule has 1 aromatic heterocycles. The Morgan fingerprint density at radius 1 is 1.18 bits per heavy atom. The minimum Gasteiger partial charge on any atom is -0.353 e. The number of carbonyl (C=O) groups excluding carboxylic acids is 1. The van der Waals surface area contributed by atoms with Gasteiger partial charge in [0.2, 0.25) is 5.91 Å². The summed E-state index contributed by atoms with van der Waals surface area (Å²) >= 11 is 5.95. The van der Waals surface area contributed by atoms with Gasteiger partial charge in [0.05, 0.1) is 6.04 Å². The van der Waals surface area contributed by atoms with Gasteiger partial charge in [-0.2, -0.15) is 0 Å². The number of likely N-dealkylation sites (N-methyl/N-ethyl adjacent to an activating group) is 1. The first-order valence-electron chi connectivity index (χ1n) is 8.02. The van der Waals surface area contributed by atoms with Crippen LogP contribution in [-0.2, 0) is 4.79 Å².